The van der Waals surface area contributed by atoms with Crippen molar-refractivity contribution >= 4 is 0 Å². The van der Waals surface area contributed by atoms with Crippen molar-refractivity contribution in [2.24, 2.45) is 5.73 Å². The molecular weight excluding hydrogens is 150 g/mol. The summed E-state index contributed by atoms with van der Waals surface area (Å²) in [6.07, 6.45) is 3.61. The van der Waals surface area contributed by atoms with Gasteiger partial charge in [-0.05, 0) is 38.8 Å². The number of nitrogens with zero attached hydrogens (tertiary/aromatic N) is 2. The summed E-state index contributed by atoms with van der Waals surface area (Å²) >= 11 is 0. The summed E-state index contributed by atoms with van der Waals surface area (Å²) in [5, 5.41) is 0. The normalized spacial score (nSPS) is 10.2. The molecule has 0 fully saturated rings. The van der Waals surface area contributed by atoms with Crippen LogP contribution in [0.25, 0.3) is 0 Å². The van der Waals surface area contributed by atoms with Gasteiger partial charge in [0.1, 0.15) is 6.33 Å². The minimum atomic E-state index is 0.730. The lowest BCUT2D eigenvalue weighted by Crippen LogP contribution is -2.04. The second-order valence-corrected chi connectivity index (χ2v) is 2.92. The SMILES string of the molecule is Cc1ncnc(C)c1CCCN. The first-order valence-electron chi connectivity index (χ1n) is 4.23. The molecule has 3 heteroatoms. The highest BCUT2D eigenvalue weighted by molar-refractivity contribution is 5.22. The molecule has 2 N–H and O–H groups in total. The number of hydrogen-bond acceptors (Lipinski definition) is 3. The maximum Gasteiger partial charge on any atom is 0.115 e. The van der Waals surface area contributed by atoms with Gasteiger partial charge in [-0.3, -0.25) is 0 Å². The van der Waals surface area contributed by atoms with Crippen LogP contribution in [0.1, 0.15) is 23.4 Å². The van der Waals surface area contributed by atoms with Crippen molar-refractivity contribution in [2.75, 3.05) is 6.54 Å². The average Bonchev–Trinajstić information content (AvgIpc) is 2.04. The van der Waals surface area contributed by atoms with Crippen molar-refractivity contribution in [2.45, 2.75) is 26.7 Å². The summed E-state index contributed by atoms with van der Waals surface area (Å²) in [6.45, 7) is 4.76. The summed E-state index contributed by atoms with van der Waals surface area (Å²) in [4.78, 5) is 8.28. The molecule has 12 heavy (non-hydrogen) atoms. The summed E-state index contributed by atoms with van der Waals surface area (Å²) in [7, 11) is 0. The highest BCUT2D eigenvalue weighted by Crippen LogP contribution is 2.09. The van der Waals surface area contributed by atoms with E-state index in [1.165, 1.54) is 5.56 Å². The molecule has 0 radical (unpaired) electrons. The first-order valence-corrected chi connectivity index (χ1v) is 4.23. The zero-order valence-corrected chi connectivity index (χ0v) is 7.67. The zero-order valence-electron chi connectivity index (χ0n) is 7.67. The highest BCUT2D eigenvalue weighted by atomic mass is 14.8. The van der Waals surface area contributed by atoms with Crippen molar-refractivity contribution in [1.82, 2.24) is 9.97 Å². The Morgan fingerprint density at radius 3 is 2.33 bits per heavy atom. The maximum absolute atomic E-state index is 5.44. The predicted octanol–water partition coefficient (Wildman–Crippen LogP) is 0.985. The fourth-order valence-electron chi connectivity index (χ4n) is 1.26. The van der Waals surface area contributed by atoms with E-state index in [9.17, 15) is 0 Å². The molecule has 66 valence electrons. The van der Waals surface area contributed by atoms with Gasteiger partial charge in [0, 0.05) is 11.4 Å². The van der Waals surface area contributed by atoms with Gasteiger partial charge in [-0.2, -0.15) is 0 Å². The van der Waals surface area contributed by atoms with Gasteiger partial charge in [0.2, 0.25) is 0 Å². The lowest BCUT2D eigenvalue weighted by molar-refractivity contribution is 0.804. The van der Waals surface area contributed by atoms with Gasteiger partial charge in [-0.15, -0.1) is 0 Å². The van der Waals surface area contributed by atoms with Gasteiger partial charge in [0.05, 0.1) is 0 Å². The molecule has 0 spiro atoms. The number of nitrogens with two attached hydrogens (primary N) is 1. The zero-order chi connectivity index (χ0) is 8.97. The molecule has 0 saturated heterocycles. The molecule has 0 atom stereocenters. The molecule has 0 saturated carbocycles. The van der Waals surface area contributed by atoms with Gasteiger partial charge in [0.15, 0.2) is 0 Å². The average molecular weight is 165 g/mol. The molecule has 0 aromatic carbocycles. The Morgan fingerprint density at radius 2 is 1.83 bits per heavy atom. The molecule has 1 rings (SSSR count). The van der Waals surface area contributed by atoms with Crippen LogP contribution in [-0.2, 0) is 6.42 Å². The predicted molar refractivity (Wildman–Crippen MR) is 48.9 cm³/mol. The third-order valence-corrected chi connectivity index (χ3v) is 2.01. The number of aromatic nitrogens is 2. The van der Waals surface area contributed by atoms with Crippen LogP contribution in [0.4, 0.5) is 0 Å². The molecule has 0 bridgehead atoms. The maximum atomic E-state index is 5.44. The van der Waals surface area contributed by atoms with Crippen LogP contribution in [0, 0.1) is 13.8 Å². The van der Waals surface area contributed by atoms with Crippen molar-refractivity contribution in [3.05, 3.63) is 23.3 Å². The largest absolute Gasteiger partial charge is 0.330 e. The van der Waals surface area contributed by atoms with E-state index in [4.69, 9.17) is 5.73 Å². The molecule has 0 unspecified atom stereocenters. The number of hydrogen-bond donors (Lipinski definition) is 1. The first kappa shape index (κ1) is 9.13. The van der Waals surface area contributed by atoms with E-state index in [1.807, 2.05) is 13.8 Å². The molecule has 0 aliphatic heterocycles. The minimum absolute atomic E-state index is 0.730. The van der Waals surface area contributed by atoms with E-state index in [0.717, 1.165) is 30.8 Å². The topological polar surface area (TPSA) is 51.8 Å². The van der Waals surface area contributed by atoms with Crippen LogP contribution in [0.2, 0.25) is 0 Å². The molecule has 1 aromatic rings. The Bertz CT molecular complexity index is 238. The molecule has 1 aromatic heterocycles. The standard InChI is InChI=1S/C9H15N3/c1-7-9(4-3-5-10)8(2)12-6-11-7/h6H,3-5,10H2,1-2H3. The first-order chi connectivity index (χ1) is 5.75. The lowest BCUT2D eigenvalue weighted by atomic mass is 10.1. The summed E-state index contributed by atoms with van der Waals surface area (Å²) < 4.78 is 0. The van der Waals surface area contributed by atoms with E-state index in [1.54, 1.807) is 6.33 Å². The highest BCUT2D eigenvalue weighted by Gasteiger charge is 2.02. The Kier molecular flexibility index (Phi) is 3.17. The molecular formula is C9H15N3. The van der Waals surface area contributed by atoms with Crippen LogP contribution in [0.15, 0.2) is 6.33 Å². The van der Waals surface area contributed by atoms with Gasteiger partial charge >= 0.3 is 0 Å². The Balaban J connectivity index is 2.81. The number of aryl methyl sites for hydroxylation is 2. The molecule has 3 nitrogen and oxygen atoms in total. The Labute approximate surface area is 73.0 Å². The van der Waals surface area contributed by atoms with Gasteiger partial charge in [-0.25, -0.2) is 9.97 Å². The third kappa shape index (κ3) is 2.01. The second-order valence-electron chi connectivity index (χ2n) is 2.92. The Morgan fingerprint density at radius 1 is 1.25 bits per heavy atom. The summed E-state index contributed by atoms with van der Waals surface area (Å²) in [6, 6.07) is 0. The van der Waals surface area contributed by atoms with Crippen molar-refractivity contribution in [3.8, 4) is 0 Å². The summed E-state index contributed by atoms with van der Waals surface area (Å²) in [5.74, 6) is 0. The fraction of sp³-hybridized carbons (Fsp3) is 0.556. The van der Waals surface area contributed by atoms with E-state index in [0.29, 0.717) is 0 Å². The fourth-order valence-corrected chi connectivity index (χ4v) is 1.26. The van der Waals surface area contributed by atoms with Crippen molar-refractivity contribution in [1.29, 1.82) is 0 Å². The van der Waals surface area contributed by atoms with E-state index in [-0.39, 0.29) is 0 Å². The van der Waals surface area contributed by atoms with Crippen LogP contribution in [0.5, 0.6) is 0 Å². The molecule has 0 amide bonds. The van der Waals surface area contributed by atoms with Crippen LogP contribution in [-0.4, -0.2) is 16.5 Å². The van der Waals surface area contributed by atoms with Crippen LogP contribution < -0.4 is 5.73 Å². The van der Waals surface area contributed by atoms with Crippen LogP contribution in [0.3, 0.4) is 0 Å². The third-order valence-electron chi connectivity index (χ3n) is 2.01. The van der Waals surface area contributed by atoms with Gasteiger partial charge in [-0.1, -0.05) is 0 Å². The Hall–Kier alpha value is -0.960. The van der Waals surface area contributed by atoms with E-state index in [2.05, 4.69) is 9.97 Å². The number of rotatable bonds is 3. The van der Waals surface area contributed by atoms with E-state index >= 15 is 0 Å². The van der Waals surface area contributed by atoms with Crippen molar-refractivity contribution in [3.63, 3.8) is 0 Å². The smallest absolute Gasteiger partial charge is 0.115 e. The molecule has 0 aliphatic carbocycles. The van der Waals surface area contributed by atoms with Gasteiger partial charge in [0.25, 0.3) is 0 Å². The van der Waals surface area contributed by atoms with Crippen LogP contribution >= 0.6 is 0 Å². The van der Waals surface area contributed by atoms with E-state index < -0.39 is 0 Å². The van der Waals surface area contributed by atoms with Crippen molar-refractivity contribution < 1.29 is 0 Å². The quantitative estimate of drug-likeness (QED) is 0.726. The molecule has 0 aliphatic rings. The monoisotopic (exact) mass is 165 g/mol. The lowest BCUT2D eigenvalue weighted by Gasteiger charge is -2.05. The molecule has 1 heterocycles. The summed E-state index contributed by atoms with van der Waals surface area (Å²) in [5.41, 5.74) is 8.85. The minimum Gasteiger partial charge on any atom is -0.330 e. The second kappa shape index (κ2) is 4.16. The van der Waals surface area contributed by atoms with Gasteiger partial charge < -0.3 is 5.73 Å².